The minimum atomic E-state index is -0.955. The number of esters is 1. The number of urea groups is 1. The highest BCUT2D eigenvalue weighted by Crippen LogP contribution is 2.28. The smallest absolute Gasteiger partial charge is 0.337 e. The van der Waals surface area contributed by atoms with Crippen LogP contribution in [0.1, 0.15) is 21.5 Å². The third-order valence-electron chi connectivity index (χ3n) is 5.58. The lowest BCUT2D eigenvalue weighted by Gasteiger charge is -2.26. The van der Waals surface area contributed by atoms with Crippen LogP contribution in [0.2, 0.25) is 5.02 Å². The van der Waals surface area contributed by atoms with Crippen molar-refractivity contribution in [2.75, 3.05) is 23.9 Å². The summed E-state index contributed by atoms with van der Waals surface area (Å²) < 4.78 is 10.3. The molecule has 0 bridgehead atoms. The predicted molar refractivity (Wildman–Crippen MR) is 144 cm³/mol. The molecule has 1 saturated heterocycles. The number of carbonyl (C=O) groups excluding carboxylic acids is 5. The predicted octanol–water partition coefficient (Wildman–Crippen LogP) is 4.12. The molecule has 10 nitrogen and oxygen atoms in total. The summed E-state index contributed by atoms with van der Waals surface area (Å²) in [6, 6.07) is 16.3. The van der Waals surface area contributed by atoms with Crippen LogP contribution >= 0.6 is 11.6 Å². The van der Waals surface area contributed by atoms with Gasteiger partial charge in [-0.3, -0.25) is 19.7 Å². The van der Waals surface area contributed by atoms with Gasteiger partial charge in [0.05, 0.1) is 18.4 Å². The Balaban J connectivity index is 1.57. The van der Waals surface area contributed by atoms with Gasteiger partial charge in [0, 0.05) is 16.3 Å². The Morgan fingerprint density at radius 3 is 2.46 bits per heavy atom. The lowest BCUT2D eigenvalue weighted by molar-refractivity contribution is -0.122. The molecule has 1 fully saturated rings. The van der Waals surface area contributed by atoms with Crippen molar-refractivity contribution in [3.8, 4) is 5.75 Å². The molecule has 0 aliphatic carbocycles. The van der Waals surface area contributed by atoms with Crippen LogP contribution in [-0.2, 0) is 19.1 Å². The molecule has 0 atom stereocenters. The van der Waals surface area contributed by atoms with Crippen molar-refractivity contribution in [1.82, 2.24) is 5.32 Å². The Morgan fingerprint density at radius 2 is 1.77 bits per heavy atom. The summed E-state index contributed by atoms with van der Waals surface area (Å²) in [6.45, 7) is 1.54. The average molecular weight is 548 g/mol. The maximum atomic E-state index is 13.3. The van der Waals surface area contributed by atoms with Crippen molar-refractivity contribution in [3.63, 3.8) is 0 Å². The van der Waals surface area contributed by atoms with E-state index in [1.807, 2.05) is 19.1 Å². The van der Waals surface area contributed by atoms with E-state index in [4.69, 9.17) is 16.3 Å². The first-order valence-corrected chi connectivity index (χ1v) is 11.9. The zero-order valence-electron chi connectivity index (χ0n) is 20.8. The fourth-order valence-corrected chi connectivity index (χ4v) is 3.92. The molecule has 1 heterocycles. The first-order valence-electron chi connectivity index (χ1n) is 11.5. The number of halogens is 1. The molecular formula is C28H22ClN3O7. The van der Waals surface area contributed by atoms with Crippen LogP contribution < -0.4 is 20.3 Å². The third-order valence-corrected chi connectivity index (χ3v) is 5.82. The quantitative estimate of drug-likeness (QED) is 0.258. The summed E-state index contributed by atoms with van der Waals surface area (Å²) in [5.41, 5.74) is 1.78. The number of benzene rings is 3. The fraction of sp³-hybridized carbons (Fsp3) is 0.107. The van der Waals surface area contributed by atoms with Gasteiger partial charge in [-0.05, 0) is 73.2 Å². The van der Waals surface area contributed by atoms with Gasteiger partial charge in [0.2, 0.25) is 0 Å². The molecule has 1 aliphatic heterocycles. The lowest BCUT2D eigenvalue weighted by atomic mass is 10.1. The maximum absolute atomic E-state index is 13.3. The Kier molecular flexibility index (Phi) is 8.07. The topological polar surface area (TPSA) is 131 Å². The van der Waals surface area contributed by atoms with Crippen LogP contribution in [-0.4, -0.2) is 43.4 Å². The highest BCUT2D eigenvalue weighted by molar-refractivity contribution is 6.39. The minimum Gasteiger partial charge on any atom is -0.483 e. The van der Waals surface area contributed by atoms with E-state index in [0.29, 0.717) is 5.69 Å². The SMILES string of the molecule is COC(=O)c1ccc(N2C(=O)NC(=O)/C(=C\c3cc(Cl)ccc3OCC(=O)Nc3cccc(C)c3)C2=O)cc1. The van der Waals surface area contributed by atoms with Gasteiger partial charge in [0.25, 0.3) is 17.7 Å². The minimum absolute atomic E-state index is 0.124. The molecule has 5 amide bonds. The number of barbiturate groups is 1. The summed E-state index contributed by atoms with van der Waals surface area (Å²) in [6.07, 6.45) is 1.22. The van der Waals surface area contributed by atoms with Crippen LogP contribution in [0.4, 0.5) is 16.2 Å². The number of imide groups is 2. The van der Waals surface area contributed by atoms with Crippen molar-refractivity contribution < 1.29 is 33.4 Å². The van der Waals surface area contributed by atoms with Crippen molar-refractivity contribution >= 4 is 58.8 Å². The fourth-order valence-electron chi connectivity index (χ4n) is 3.74. The van der Waals surface area contributed by atoms with Crippen molar-refractivity contribution in [3.05, 3.63) is 94.0 Å². The molecule has 0 saturated carbocycles. The molecule has 0 spiro atoms. The Hall–Kier alpha value is -4.96. The van der Waals surface area contributed by atoms with Gasteiger partial charge in [0.1, 0.15) is 11.3 Å². The Morgan fingerprint density at radius 1 is 1.03 bits per heavy atom. The number of carbonyl (C=O) groups is 5. The molecule has 39 heavy (non-hydrogen) atoms. The highest BCUT2D eigenvalue weighted by atomic mass is 35.5. The van der Waals surface area contributed by atoms with E-state index >= 15 is 0 Å². The summed E-state index contributed by atoms with van der Waals surface area (Å²) >= 11 is 6.14. The third kappa shape index (κ3) is 6.31. The van der Waals surface area contributed by atoms with E-state index in [0.717, 1.165) is 10.5 Å². The van der Waals surface area contributed by atoms with Gasteiger partial charge in [-0.25, -0.2) is 14.5 Å². The largest absolute Gasteiger partial charge is 0.483 e. The maximum Gasteiger partial charge on any atom is 0.337 e. The van der Waals surface area contributed by atoms with Crippen LogP contribution in [0, 0.1) is 6.92 Å². The molecule has 1 aliphatic rings. The van der Waals surface area contributed by atoms with Crippen LogP contribution in [0.3, 0.4) is 0 Å². The number of rotatable bonds is 7. The summed E-state index contributed by atoms with van der Waals surface area (Å²) in [5.74, 6) is -2.66. The van der Waals surface area contributed by atoms with E-state index in [9.17, 15) is 24.0 Å². The monoisotopic (exact) mass is 547 g/mol. The second kappa shape index (κ2) is 11.6. The molecule has 0 aromatic heterocycles. The Bertz CT molecular complexity index is 1520. The molecule has 3 aromatic carbocycles. The zero-order valence-corrected chi connectivity index (χ0v) is 21.6. The molecule has 198 valence electrons. The van der Waals surface area contributed by atoms with E-state index in [1.54, 1.807) is 12.1 Å². The van der Waals surface area contributed by atoms with Gasteiger partial charge >= 0.3 is 12.0 Å². The lowest BCUT2D eigenvalue weighted by Crippen LogP contribution is -2.54. The molecular weight excluding hydrogens is 526 g/mol. The van der Waals surface area contributed by atoms with E-state index in [1.165, 1.54) is 55.7 Å². The van der Waals surface area contributed by atoms with E-state index in [-0.39, 0.29) is 39.8 Å². The Labute approximate surface area is 228 Å². The molecule has 3 aromatic rings. The van der Waals surface area contributed by atoms with Gasteiger partial charge in [-0.2, -0.15) is 0 Å². The number of aryl methyl sites for hydroxylation is 1. The molecule has 11 heteroatoms. The summed E-state index contributed by atoms with van der Waals surface area (Å²) in [5, 5.41) is 5.13. The van der Waals surface area contributed by atoms with Gasteiger partial charge in [0.15, 0.2) is 6.61 Å². The normalized spacial score (nSPS) is 14.2. The first kappa shape index (κ1) is 27.1. The number of amides is 5. The number of nitrogens with one attached hydrogen (secondary N) is 2. The van der Waals surface area contributed by atoms with Gasteiger partial charge in [-0.15, -0.1) is 0 Å². The zero-order chi connectivity index (χ0) is 28.1. The number of anilines is 2. The van der Waals surface area contributed by atoms with Gasteiger partial charge in [-0.1, -0.05) is 23.7 Å². The van der Waals surface area contributed by atoms with E-state index in [2.05, 4.69) is 15.4 Å². The summed E-state index contributed by atoms with van der Waals surface area (Å²) in [7, 11) is 1.23. The van der Waals surface area contributed by atoms with Crippen LogP contribution in [0.5, 0.6) is 5.75 Å². The van der Waals surface area contributed by atoms with Crippen molar-refractivity contribution in [2.45, 2.75) is 6.92 Å². The van der Waals surface area contributed by atoms with Crippen molar-refractivity contribution in [1.29, 1.82) is 0 Å². The van der Waals surface area contributed by atoms with Crippen LogP contribution in [0.15, 0.2) is 72.3 Å². The first-order chi connectivity index (χ1) is 18.7. The standard InChI is InChI=1S/C28H22ClN3O7/c1-16-4-3-5-20(12-16)30-24(33)15-39-23-11-8-19(29)13-18(23)14-22-25(34)31-28(37)32(26(22)35)21-9-6-17(7-10-21)27(36)38-2/h3-14H,15H2,1-2H3,(H,30,33)(H,31,34,37)/b22-14+. The van der Waals surface area contributed by atoms with Gasteiger partial charge < -0.3 is 14.8 Å². The summed E-state index contributed by atoms with van der Waals surface area (Å²) in [4.78, 5) is 63.3. The van der Waals surface area contributed by atoms with Crippen molar-refractivity contribution in [2.24, 2.45) is 0 Å². The van der Waals surface area contributed by atoms with E-state index < -0.39 is 29.7 Å². The number of hydrogen-bond donors (Lipinski definition) is 2. The number of ether oxygens (including phenoxy) is 2. The molecule has 0 unspecified atom stereocenters. The molecule has 2 N–H and O–H groups in total. The number of methoxy groups -OCH3 is 1. The van der Waals surface area contributed by atoms with Crippen LogP contribution in [0.25, 0.3) is 6.08 Å². The highest BCUT2D eigenvalue weighted by Gasteiger charge is 2.37. The molecule has 0 radical (unpaired) electrons. The second-order valence-corrected chi connectivity index (χ2v) is 8.82. The molecule has 4 rings (SSSR count). The average Bonchev–Trinajstić information content (AvgIpc) is 2.90. The second-order valence-electron chi connectivity index (χ2n) is 8.38. The number of hydrogen-bond acceptors (Lipinski definition) is 7. The number of nitrogens with zero attached hydrogens (tertiary/aromatic N) is 1.